The van der Waals surface area contributed by atoms with Gasteiger partial charge >= 0.3 is 5.97 Å². The fraction of sp³-hybridized carbons (Fsp3) is 0.625. The molecule has 0 aromatic carbocycles. The van der Waals surface area contributed by atoms with Crippen molar-refractivity contribution in [2.24, 2.45) is 5.92 Å². The number of hydrogen-bond acceptors (Lipinski definition) is 6. The van der Waals surface area contributed by atoms with Crippen LogP contribution < -0.4 is 10.9 Å². The molecule has 1 aromatic heterocycles. The number of methoxy groups -OCH3 is 1. The van der Waals surface area contributed by atoms with Crippen LogP contribution in [0.4, 0.5) is 0 Å². The quantitative estimate of drug-likeness (QED) is 0.454. The fourth-order valence-corrected chi connectivity index (χ4v) is 3.48. The lowest BCUT2D eigenvalue weighted by Crippen LogP contribution is -2.41. The molecule has 2 rings (SSSR count). The van der Waals surface area contributed by atoms with Crippen LogP contribution in [-0.2, 0) is 20.7 Å². The molecule has 132 valence electrons. The van der Waals surface area contributed by atoms with Crippen LogP contribution in [0.5, 0.6) is 0 Å². The van der Waals surface area contributed by atoms with Gasteiger partial charge < -0.3 is 15.0 Å². The van der Waals surface area contributed by atoms with E-state index >= 15 is 0 Å². The number of thioether (sulfide) groups is 1. The highest BCUT2D eigenvalue weighted by molar-refractivity contribution is 7.99. The predicted molar refractivity (Wildman–Crippen MR) is 90.9 cm³/mol. The third-order valence-electron chi connectivity index (χ3n) is 4.12. The van der Waals surface area contributed by atoms with Crippen molar-refractivity contribution in [1.29, 1.82) is 0 Å². The molecule has 0 unspecified atom stereocenters. The second-order valence-corrected chi connectivity index (χ2v) is 6.98. The number of aromatic amines is 1. The molecule has 2 atom stereocenters. The smallest absolute Gasteiger partial charge is 0.311 e. The fourth-order valence-electron chi connectivity index (χ4n) is 2.78. The molecule has 8 heteroatoms. The molecule has 24 heavy (non-hydrogen) atoms. The van der Waals surface area contributed by atoms with Crippen LogP contribution >= 0.6 is 11.8 Å². The number of esters is 1. The summed E-state index contributed by atoms with van der Waals surface area (Å²) in [7, 11) is 1.28. The molecular weight excluding hydrogens is 330 g/mol. The topological polar surface area (TPSA) is 101 Å². The van der Waals surface area contributed by atoms with Gasteiger partial charge in [0.2, 0.25) is 5.91 Å². The van der Waals surface area contributed by atoms with Crippen LogP contribution in [0.15, 0.2) is 16.0 Å². The molecule has 1 aromatic rings. The van der Waals surface area contributed by atoms with Crippen LogP contribution in [0.3, 0.4) is 0 Å². The standard InChI is InChI=1S/C16H23N3O4S/c1-10-5-3-4-6-12(10)18-14(21)9-24-16-17-11(7-13(20)19-16)8-15(22)23-2/h7,10,12H,3-6,8-9H2,1-2H3,(H,18,21)(H,17,19,20)/t10-,12-/m0/s1. The maximum absolute atomic E-state index is 12.1. The molecule has 7 nitrogen and oxygen atoms in total. The van der Waals surface area contributed by atoms with E-state index in [-0.39, 0.29) is 29.7 Å². The molecule has 1 saturated carbocycles. The van der Waals surface area contributed by atoms with Gasteiger partial charge in [0, 0.05) is 12.1 Å². The van der Waals surface area contributed by atoms with Crippen LogP contribution in [0.2, 0.25) is 0 Å². The molecule has 0 aliphatic heterocycles. The zero-order valence-corrected chi connectivity index (χ0v) is 14.8. The van der Waals surface area contributed by atoms with Gasteiger partial charge in [-0.2, -0.15) is 0 Å². The van der Waals surface area contributed by atoms with Gasteiger partial charge in [-0.15, -0.1) is 0 Å². The first-order valence-corrected chi connectivity index (χ1v) is 9.05. The number of H-pyrrole nitrogens is 1. The highest BCUT2D eigenvalue weighted by Crippen LogP contribution is 2.23. The summed E-state index contributed by atoms with van der Waals surface area (Å²) in [5.74, 6) is 0.135. The van der Waals surface area contributed by atoms with E-state index in [1.165, 1.54) is 19.6 Å². The molecule has 0 saturated heterocycles. The van der Waals surface area contributed by atoms with E-state index < -0.39 is 5.97 Å². The summed E-state index contributed by atoms with van der Waals surface area (Å²) in [6.45, 7) is 2.16. The number of carbonyl (C=O) groups excluding carboxylic acids is 2. The van der Waals surface area contributed by atoms with Crippen molar-refractivity contribution in [1.82, 2.24) is 15.3 Å². The first-order valence-electron chi connectivity index (χ1n) is 8.07. The van der Waals surface area contributed by atoms with Gasteiger partial charge in [0.25, 0.3) is 5.56 Å². The summed E-state index contributed by atoms with van der Waals surface area (Å²) < 4.78 is 4.56. The van der Waals surface area contributed by atoms with Crippen molar-refractivity contribution in [3.8, 4) is 0 Å². The first kappa shape index (κ1) is 18.5. The second-order valence-electron chi connectivity index (χ2n) is 6.02. The Morgan fingerprint density at radius 1 is 1.42 bits per heavy atom. The summed E-state index contributed by atoms with van der Waals surface area (Å²) in [6.07, 6.45) is 4.46. The lowest BCUT2D eigenvalue weighted by molar-refractivity contribution is -0.139. The predicted octanol–water partition coefficient (Wildman–Crippen LogP) is 1.27. The van der Waals surface area contributed by atoms with Crippen molar-refractivity contribution in [3.63, 3.8) is 0 Å². The third kappa shape index (κ3) is 5.67. The molecule has 1 heterocycles. The molecule has 1 fully saturated rings. The average Bonchev–Trinajstić information content (AvgIpc) is 2.54. The molecule has 1 aliphatic rings. The van der Waals surface area contributed by atoms with Crippen molar-refractivity contribution in [2.45, 2.75) is 50.2 Å². The van der Waals surface area contributed by atoms with Crippen LogP contribution in [0.25, 0.3) is 0 Å². The Morgan fingerprint density at radius 3 is 2.88 bits per heavy atom. The molecular formula is C16H23N3O4S. The molecule has 1 amide bonds. The lowest BCUT2D eigenvalue weighted by Gasteiger charge is -2.29. The van der Waals surface area contributed by atoms with E-state index in [4.69, 9.17) is 0 Å². The van der Waals surface area contributed by atoms with E-state index in [0.29, 0.717) is 16.8 Å². The molecule has 0 bridgehead atoms. The largest absolute Gasteiger partial charge is 0.469 e. The van der Waals surface area contributed by atoms with Crippen molar-refractivity contribution in [3.05, 3.63) is 22.1 Å². The summed E-state index contributed by atoms with van der Waals surface area (Å²) in [4.78, 5) is 41.8. The lowest BCUT2D eigenvalue weighted by atomic mass is 9.86. The van der Waals surface area contributed by atoms with Crippen LogP contribution in [-0.4, -0.2) is 40.7 Å². The number of amides is 1. The van der Waals surface area contributed by atoms with Crippen molar-refractivity contribution >= 4 is 23.6 Å². The minimum absolute atomic E-state index is 0.0697. The molecule has 2 N–H and O–H groups in total. The zero-order chi connectivity index (χ0) is 17.5. The van der Waals surface area contributed by atoms with Crippen LogP contribution in [0.1, 0.15) is 38.3 Å². The first-order chi connectivity index (χ1) is 11.5. The SMILES string of the molecule is COC(=O)Cc1cc(=O)[nH]c(SCC(=O)N[C@H]2CCCC[C@@H]2C)n1. The highest BCUT2D eigenvalue weighted by Gasteiger charge is 2.22. The maximum Gasteiger partial charge on any atom is 0.311 e. The number of rotatable bonds is 6. The third-order valence-corrected chi connectivity index (χ3v) is 5.00. The van der Waals surface area contributed by atoms with E-state index in [0.717, 1.165) is 31.0 Å². The zero-order valence-electron chi connectivity index (χ0n) is 14.0. The number of hydrogen-bond donors (Lipinski definition) is 2. The average molecular weight is 353 g/mol. The number of aromatic nitrogens is 2. The summed E-state index contributed by atoms with van der Waals surface area (Å²) in [5.41, 5.74) is -0.0258. The Morgan fingerprint density at radius 2 is 2.17 bits per heavy atom. The molecule has 0 spiro atoms. The molecule has 1 aliphatic carbocycles. The number of nitrogens with zero attached hydrogens (tertiary/aromatic N) is 1. The van der Waals surface area contributed by atoms with Gasteiger partial charge in [0.1, 0.15) is 0 Å². The van der Waals surface area contributed by atoms with E-state index in [1.54, 1.807) is 0 Å². The van der Waals surface area contributed by atoms with Crippen LogP contribution in [0, 0.1) is 5.92 Å². The van der Waals surface area contributed by atoms with Gasteiger partial charge in [-0.05, 0) is 18.8 Å². The Hall–Kier alpha value is -1.83. The van der Waals surface area contributed by atoms with Gasteiger partial charge in [-0.25, -0.2) is 4.98 Å². The van der Waals surface area contributed by atoms with Gasteiger partial charge in [0.05, 0.1) is 25.0 Å². The summed E-state index contributed by atoms with van der Waals surface area (Å²) in [6, 6.07) is 1.48. The summed E-state index contributed by atoms with van der Waals surface area (Å²) in [5, 5.41) is 3.38. The van der Waals surface area contributed by atoms with Gasteiger partial charge in [-0.1, -0.05) is 31.5 Å². The number of ether oxygens (including phenoxy) is 1. The Labute approximate surface area is 145 Å². The maximum atomic E-state index is 12.1. The molecule has 0 radical (unpaired) electrons. The second kappa shape index (κ2) is 8.86. The van der Waals surface area contributed by atoms with Crippen molar-refractivity contribution < 1.29 is 14.3 Å². The van der Waals surface area contributed by atoms with Crippen molar-refractivity contribution in [2.75, 3.05) is 12.9 Å². The Bertz CT molecular complexity index is 646. The number of carbonyl (C=O) groups is 2. The normalized spacial score (nSPS) is 20.4. The van der Waals surface area contributed by atoms with E-state index in [9.17, 15) is 14.4 Å². The summed E-state index contributed by atoms with van der Waals surface area (Å²) >= 11 is 1.15. The monoisotopic (exact) mass is 353 g/mol. The van der Waals surface area contributed by atoms with E-state index in [2.05, 4.69) is 26.9 Å². The minimum atomic E-state index is -0.465. The van der Waals surface area contributed by atoms with Gasteiger partial charge in [-0.3, -0.25) is 14.4 Å². The Kier molecular flexibility index (Phi) is 6.84. The van der Waals surface area contributed by atoms with E-state index in [1.807, 2.05) is 0 Å². The number of nitrogens with one attached hydrogen (secondary N) is 2. The minimum Gasteiger partial charge on any atom is -0.469 e. The van der Waals surface area contributed by atoms with Gasteiger partial charge in [0.15, 0.2) is 5.16 Å². The Balaban J connectivity index is 1.90. The highest BCUT2D eigenvalue weighted by atomic mass is 32.2.